The Morgan fingerprint density at radius 3 is 2.81 bits per heavy atom. The van der Waals surface area contributed by atoms with Gasteiger partial charge in [0.05, 0.1) is 0 Å². The molecule has 1 aromatic heterocycles. The molecule has 1 aliphatic heterocycles. The molecule has 26 heavy (non-hydrogen) atoms. The minimum Gasteiger partial charge on any atom is -0.479 e. The highest BCUT2D eigenvalue weighted by molar-refractivity contribution is 8.00. The van der Waals surface area contributed by atoms with Crippen molar-refractivity contribution in [2.75, 3.05) is 11.5 Å². The van der Waals surface area contributed by atoms with Crippen LogP contribution in [0, 0.1) is 17.8 Å². The van der Waals surface area contributed by atoms with E-state index in [-0.39, 0.29) is 11.7 Å². The third-order valence-electron chi connectivity index (χ3n) is 5.62. The fourth-order valence-corrected chi connectivity index (χ4v) is 5.14. The normalized spacial score (nSPS) is 32.1. The van der Waals surface area contributed by atoms with Gasteiger partial charge in [-0.1, -0.05) is 27.2 Å². The fourth-order valence-electron chi connectivity index (χ4n) is 4.21. The van der Waals surface area contributed by atoms with Gasteiger partial charge in [-0.2, -0.15) is 4.98 Å². The lowest BCUT2D eigenvalue weighted by Crippen LogP contribution is -2.33. The van der Waals surface area contributed by atoms with Crippen molar-refractivity contribution in [2.24, 2.45) is 17.8 Å². The predicted octanol–water partition coefficient (Wildman–Crippen LogP) is 2.67. The molecule has 5 atom stereocenters. The third-order valence-corrected chi connectivity index (χ3v) is 6.71. The summed E-state index contributed by atoms with van der Waals surface area (Å²) >= 11 is 1.17. The van der Waals surface area contributed by atoms with Crippen molar-refractivity contribution in [3.05, 3.63) is 22.2 Å². The first-order valence-electron chi connectivity index (χ1n) is 9.16. The quantitative estimate of drug-likeness (QED) is 0.825. The average Bonchev–Trinajstić information content (AvgIpc) is 3.04. The molecule has 1 aromatic rings. The van der Waals surface area contributed by atoms with Crippen molar-refractivity contribution < 1.29 is 14.6 Å². The molecule has 7 nitrogen and oxygen atoms in total. The number of anilines is 1. The molecule has 0 radical (unpaired) electrons. The lowest BCUT2D eigenvalue weighted by molar-refractivity contribution is -0.147. The van der Waals surface area contributed by atoms with Crippen LogP contribution in [0.25, 0.3) is 0 Å². The van der Waals surface area contributed by atoms with E-state index in [9.17, 15) is 9.59 Å². The monoisotopic (exact) mass is 381 g/mol. The number of rotatable bonds is 4. The molecule has 3 N–H and O–H groups in total. The van der Waals surface area contributed by atoms with Crippen LogP contribution >= 0.6 is 11.8 Å². The lowest BCUT2D eigenvalue weighted by Gasteiger charge is -2.38. The van der Waals surface area contributed by atoms with E-state index in [2.05, 4.69) is 25.8 Å². The first-order valence-corrected chi connectivity index (χ1v) is 10.2. The second kappa shape index (κ2) is 7.60. The van der Waals surface area contributed by atoms with Gasteiger partial charge in [0.1, 0.15) is 12.0 Å². The van der Waals surface area contributed by atoms with Gasteiger partial charge in [0.15, 0.2) is 0 Å². The first kappa shape index (κ1) is 19.2. The SMILES string of the molecule is CC(C)C1CC[C@@H](C)CC1c1cn([C@@H]2CS[C@H](C(=O)O)O2)c(=O)nc1N. The molecule has 3 rings (SSSR count). The summed E-state index contributed by atoms with van der Waals surface area (Å²) in [6.45, 7) is 6.69. The molecule has 1 saturated carbocycles. The van der Waals surface area contributed by atoms with Crippen LogP contribution in [0.3, 0.4) is 0 Å². The summed E-state index contributed by atoms with van der Waals surface area (Å²) in [5, 5.41) is 9.11. The van der Waals surface area contributed by atoms with E-state index in [1.807, 2.05) is 0 Å². The van der Waals surface area contributed by atoms with Crippen molar-refractivity contribution >= 4 is 23.5 Å². The maximum atomic E-state index is 12.4. The lowest BCUT2D eigenvalue weighted by atomic mass is 9.68. The first-order chi connectivity index (χ1) is 12.3. The molecule has 1 aliphatic carbocycles. The second-order valence-corrected chi connectivity index (χ2v) is 8.89. The molecule has 2 fully saturated rings. The average molecular weight is 381 g/mol. The van der Waals surface area contributed by atoms with Crippen LogP contribution in [-0.4, -0.2) is 31.8 Å². The Hall–Kier alpha value is -1.54. The summed E-state index contributed by atoms with van der Waals surface area (Å²) in [7, 11) is 0. The number of hydrogen-bond acceptors (Lipinski definition) is 6. The highest BCUT2D eigenvalue weighted by atomic mass is 32.2. The minimum absolute atomic E-state index is 0.252. The van der Waals surface area contributed by atoms with Gasteiger partial charge in [0.2, 0.25) is 5.44 Å². The molecule has 2 unspecified atom stereocenters. The van der Waals surface area contributed by atoms with Gasteiger partial charge in [0, 0.05) is 17.5 Å². The number of aliphatic carboxylic acids is 1. The summed E-state index contributed by atoms with van der Waals surface area (Å²) in [4.78, 5) is 27.5. The van der Waals surface area contributed by atoms with Gasteiger partial charge >= 0.3 is 11.7 Å². The van der Waals surface area contributed by atoms with E-state index in [0.717, 1.165) is 18.4 Å². The van der Waals surface area contributed by atoms with Crippen LogP contribution in [0.15, 0.2) is 11.0 Å². The van der Waals surface area contributed by atoms with Crippen molar-refractivity contribution in [3.8, 4) is 0 Å². The van der Waals surface area contributed by atoms with E-state index in [1.54, 1.807) is 6.20 Å². The van der Waals surface area contributed by atoms with Crippen LogP contribution in [0.2, 0.25) is 0 Å². The molecule has 0 amide bonds. The van der Waals surface area contributed by atoms with E-state index in [1.165, 1.54) is 22.7 Å². The smallest absolute Gasteiger partial charge is 0.351 e. The van der Waals surface area contributed by atoms with Crippen LogP contribution in [0.1, 0.15) is 57.7 Å². The van der Waals surface area contributed by atoms with Crippen molar-refractivity contribution in [2.45, 2.75) is 57.6 Å². The molecule has 2 aliphatic rings. The zero-order valence-electron chi connectivity index (χ0n) is 15.4. The number of nitrogen functional groups attached to an aromatic ring is 1. The number of ether oxygens (including phenoxy) is 1. The number of carboxylic acid groups (broad SMARTS) is 1. The van der Waals surface area contributed by atoms with E-state index < -0.39 is 23.3 Å². The Kier molecular flexibility index (Phi) is 5.62. The minimum atomic E-state index is -1.03. The zero-order valence-corrected chi connectivity index (χ0v) is 16.2. The van der Waals surface area contributed by atoms with Crippen molar-refractivity contribution in [1.29, 1.82) is 0 Å². The summed E-state index contributed by atoms with van der Waals surface area (Å²) in [5.74, 6) is 1.52. The van der Waals surface area contributed by atoms with Gasteiger partial charge in [-0.25, -0.2) is 9.59 Å². The highest BCUT2D eigenvalue weighted by Crippen LogP contribution is 2.45. The number of carboxylic acids is 1. The number of nitrogens with zero attached hydrogens (tertiary/aromatic N) is 2. The van der Waals surface area contributed by atoms with E-state index >= 15 is 0 Å². The Morgan fingerprint density at radius 1 is 1.46 bits per heavy atom. The van der Waals surface area contributed by atoms with Gasteiger partial charge in [-0.05, 0) is 36.5 Å². The Labute approximate surface area is 157 Å². The summed E-state index contributed by atoms with van der Waals surface area (Å²) in [5.41, 5.74) is 5.58. The number of nitrogens with two attached hydrogens (primary N) is 1. The highest BCUT2D eigenvalue weighted by Gasteiger charge is 2.36. The largest absolute Gasteiger partial charge is 0.479 e. The Bertz CT molecular complexity index is 736. The Balaban J connectivity index is 1.95. The van der Waals surface area contributed by atoms with Gasteiger partial charge < -0.3 is 15.6 Å². The summed E-state index contributed by atoms with van der Waals surface area (Å²) < 4.78 is 6.93. The van der Waals surface area contributed by atoms with Crippen molar-refractivity contribution in [1.82, 2.24) is 9.55 Å². The second-order valence-electron chi connectivity index (χ2n) is 7.80. The maximum Gasteiger partial charge on any atom is 0.351 e. The molecular weight excluding hydrogens is 354 g/mol. The molecule has 0 aromatic carbocycles. The van der Waals surface area contributed by atoms with E-state index in [4.69, 9.17) is 15.6 Å². The standard InChI is InChI=1S/C18H27N3O4S/c1-9(2)11-5-4-10(3)6-12(11)13-7-21(18(24)20-15(13)19)14-8-26-17(25-14)16(22)23/h7,9-12,14,17H,4-6,8H2,1-3H3,(H,22,23)(H2,19,20,24)/t10-,11?,12?,14+,17-/m1/s1. The van der Waals surface area contributed by atoms with Crippen LogP contribution in [0.4, 0.5) is 5.82 Å². The van der Waals surface area contributed by atoms with Gasteiger partial charge in [0.25, 0.3) is 0 Å². The molecule has 1 saturated heterocycles. The molecular formula is C18H27N3O4S. The zero-order chi connectivity index (χ0) is 19.0. The van der Waals surface area contributed by atoms with Crippen LogP contribution < -0.4 is 11.4 Å². The fraction of sp³-hybridized carbons (Fsp3) is 0.722. The van der Waals surface area contributed by atoms with Gasteiger partial charge in [-0.3, -0.25) is 4.57 Å². The molecule has 0 spiro atoms. The Morgan fingerprint density at radius 2 is 2.19 bits per heavy atom. The number of carbonyl (C=O) groups is 1. The molecule has 144 valence electrons. The molecule has 2 heterocycles. The number of aromatic nitrogens is 2. The topological polar surface area (TPSA) is 107 Å². The molecule has 8 heteroatoms. The number of hydrogen-bond donors (Lipinski definition) is 2. The van der Waals surface area contributed by atoms with Crippen molar-refractivity contribution in [3.63, 3.8) is 0 Å². The molecule has 0 bridgehead atoms. The predicted molar refractivity (Wildman–Crippen MR) is 101 cm³/mol. The van der Waals surface area contributed by atoms with Crippen LogP contribution in [-0.2, 0) is 9.53 Å². The van der Waals surface area contributed by atoms with Crippen LogP contribution in [0.5, 0.6) is 0 Å². The number of thioether (sulfide) groups is 1. The van der Waals surface area contributed by atoms with Gasteiger partial charge in [-0.15, -0.1) is 11.8 Å². The maximum absolute atomic E-state index is 12.4. The summed E-state index contributed by atoms with van der Waals surface area (Å²) in [6, 6.07) is 0. The van der Waals surface area contributed by atoms with E-state index in [0.29, 0.717) is 23.5 Å². The third kappa shape index (κ3) is 3.76. The summed E-state index contributed by atoms with van der Waals surface area (Å²) in [6.07, 6.45) is 4.50.